The first-order valence-electron chi connectivity index (χ1n) is 5.89. The Hall–Kier alpha value is -1.37. The van der Waals surface area contributed by atoms with E-state index in [1.165, 1.54) is 0 Å². The average molecular weight is 266 g/mol. The zero-order chi connectivity index (χ0) is 13.1. The van der Waals surface area contributed by atoms with Crippen molar-refractivity contribution >= 4 is 11.6 Å². The van der Waals surface area contributed by atoms with Gasteiger partial charge in [-0.05, 0) is 23.6 Å². The van der Waals surface area contributed by atoms with Crippen molar-refractivity contribution in [2.24, 2.45) is 5.92 Å². The number of terminal acetylenes is 1. The second-order valence-corrected chi connectivity index (χ2v) is 4.99. The number of ether oxygens (including phenoxy) is 2. The van der Waals surface area contributed by atoms with Crippen molar-refractivity contribution < 1.29 is 9.47 Å². The summed E-state index contributed by atoms with van der Waals surface area (Å²) in [5, 5.41) is 3.89. The molecule has 0 aliphatic carbocycles. The van der Waals surface area contributed by atoms with Crippen molar-refractivity contribution in [3.63, 3.8) is 0 Å². The largest absolute Gasteiger partial charge is 0.454 e. The van der Waals surface area contributed by atoms with Gasteiger partial charge in [-0.1, -0.05) is 31.4 Å². The van der Waals surface area contributed by atoms with Crippen LogP contribution in [0.3, 0.4) is 0 Å². The Balaban J connectivity index is 2.07. The topological polar surface area (TPSA) is 30.5 Å². The number of rotatable bonds is 4. The molecule has 0 bridgehead atoms. The zero-order valence-electron chi connectivity index (χ0n) is 10.5. The van der Waals surface area contributed by atoms with Gasteiger partial charge in [-0.2, -0.15) is 0 Å². The molecule has 0 fully saturated rings. The molecule has 1 aliphatic rings. The molecule has 0 radical (unpaired) electrons. The van der Waals surface area contributed by atoms with Crippen molar-refractivity contribution in [3.8, 4) is 23.8 Å². The Morgan fingerprint density at radius 2 is 2.22 bits per heavy atom. The molecule has 1 heterocycles. The van der Waals surface area contributed by atoms with E-state index in [4.69, 9.17) is 27.5 Å². The van der Waals surface area contributed by atoms with Gasteiger partial charge in [0.1, 0.15) is 0 Å². The third-order valence-electron chi connectivity index (χ3n) is 2.86. The van der Waals surface area contributed by atoms with Gasteiger partial charge in [0.05, 0.1) is 11.1 Å². The number of hydrogen-bond acceptors (Lipinski definition) is 3. The molecular formula is C14H16ClNO2. The molecule has 4 heteroatoms. The van der Waals surface area contributed by atoms with E-state index >= 15 is 0 Å². The van der Waals surface area contributed by atoms with E-state index in [0.717, 1.165) is 5.56 Å². The fourth-order valence-corrected chi connectivity index (χ4v) is 2.13. The van der Waals surface area contributed by atoms with Crippen molar-refractivity contribution in [1.29, 1.82) is 0 Å². The quantitative estimate of drug-likeness (QED) is 0.850. The van der Waals surface area contributed by atoms with Crippen LogP contribution in [0.2, 0.25) is 5.02 Å². The predicted molar refractivity (Wildman–Crippen MR) is 71.9 cm³/mol. The first-order valence-corrected chi connectivity index (χ1v) is 6.27. The maximum Gasteiger partial charge on any atom is 0.231 e. The van der Waals surface area contributed by atoms with Gasteiger partial charge < -0.3 is 9.47 Å². The highest BCUT2D eigenvalue weighted by atomic mass is 35.5. The Bertz CT molecular complexity index is 479. The van der Waals surface area contributed by atoms with Gasteiger partial charge in [-0.3, -0.25) is 5.32 Å². The smallest absolute Gasteiger partial charge is 0.231 e. The second kappa shape index (κ2) is 5.51. The van der Waals surface area contributed by atoms with Crippen molar-refractivity contribution in [3.05, 3.63) is 22.7 Å². The highest BCUT2D eigenvalue weighted by Gasteiger charge is 2.18. The Labute approximate surface area is 112 Å². The second-order valence-electron chi connectivity index (χ2n) is 4.58. The minimum Gasteiger partial charge on any atom is -0.454 e. The molecule has 0 spiro atoms. The fourth-order valence-electron chi connectivity index (χ4n) is 1.84. The van der Waals surface area contributed by atoms with Crippen LogP contribution in [0.5, 0.6) is 11.5 Å². The van der Waals surface area contributed by atoms with E-state index in [9.17, 15) is 0 Å². The average Bonchev–Trinajstić information content (AvgIpc) is 2.78. The van der Waals surface area contributed by atoms with E-state index < -0.39 is 0 Å². The predicted octanol–water partition coefficient (Wildman–Crippen LogP) is 2.82. The van der Waals surface area contributed by atoms with Gasteiger partial charge >= 0.3 is 0 Å². The van der Waals surface area contributed by atoms with Crippen LogP contribution in [0.15, 0.2) is 12.1 Å². The summed E-state index contributed by atoms with van der Waals surface area (Å²) in [6, 6.07) is 3.85. The Morgan fingerprint density at radius 3 is 2.89 bits per heavy atom. The van der Waals surface area contributed by atoms with Gasteiger partial charge in [0.2, 0.25) is 6.79 Å². The summed E-state index contributed by atoms with van der Waals surface area (Å²) < 4.78 is 10.6. The summed E-state index contributed by atoms with van der Waals surface area (Å²) in [6.45, 7) is 5.06. The van der Waals surface area contributed by atoms with E-state index in [1.54, 1.807) is 0 Å². The van der Waals surface area contributed by atoms with Crippen LogP contribution in [0, 0.1) is 18.3 Å². The van der Waals surface area contributed by atoms with Crippen molar-refractivity contribution in [2.45, 2.75) is 26.4 Å². The van der Waals surface area contributed by atoms with Gasteiger partial charge in [0.25, 0.3) is 0 Å². The molecule has 1 N–H and O–H groups in total. The number of halogens is 1. The minimum atomic E-state index is 0.0502. The van der Waals surface area contributed by atoms with Crippen molar-refractivity contribution in [2.75, 3.05) is 6.79 Å². The van der Waals surface area contributed by atoms with E-state index in [0.29, 0.717) is 29.0 Å². The standard InChI is InChI=1S/C14H16ClNO2/c1-4-12(9(2)3)16-7-10-5-11(15)14-13(6-10)17-8-18-14/h1,5-6,9,12,16H,7-8H2,2-3H3. The monoisotopic (exact) mass is 265 g/mol. The summed E-state index contributed by atoms with van der Waals surface area (Å²) in [4.78, 5) is 0. The van der Waals surface area contributed by atoms with Crippen LogP contribution in [0.25, 0.3) is 0 Å². The van der Waals surface area contributed by atoms with Crippen LogP contribution in [0.1, 0.15) is 19.4 Å². The number of fused-ring (bicyclic) bond motifs is 1. The first kappa shape index (κ1) is 13.1. The summed E-state index contributed by atoms with van der Waals surface area (Å²) in [6.07, 6.45) is 5.47. The highest BCUT2D eigenvalue weighted by Crippen LogP contribution is 2.39. The van der Waals surface area contributed by atoms with Crippen LogP contribution in [0.4, 0.5) is 0 Å². The molecule has 0 saturated heterocycles. The fraction of sp³-hybridized carbons (Fsp3) is 0.429. The van der Waals surface area contributed by atoms with Gasteiger partial charge in [-0.15, -0.1) is 6.42 Å². The van der Waals surface area contributed by atoms with Crippen LogP contribution < -0.4 is 14.8 Å². The maximum atomic E-state index is 6.11. The number of nitrogens with one attached hydrogen (secondary N) is 1. The molecular weight excluding hydrogens is 250 g/mol. The molecule has 18 heavy (non-hydrogen) atoms. The minimum absolute atomic E-state index is 0.0502. The molecule has 0 amide bonds. The molecule has 0 aromatic heterocycles. The Kier molecular flexibility index (Phi) is 4.00. The molecule has 1 aromatic carbocycles. The molecule has 1 aromatic rings. The molecule has 1 aliphatic heterocycles. The lowest BCUT2D eigenvalue weighted by atomic mass is 10.0. The summed E-state index contributed by atoms with van der Waals surface area (Å²) in [5.74, 6) is 4.45. The van der Waals surface area contributed by atoms with Crippen molar-refractivity contribution in [1.82, 2.24) is 5.32 Å². The van der Waals surface area contributed by atoms with E-state index in [2.05, 4.69) is 25.1 Å². The summed E-state index contributed by atoms with van der Waals surface area (Å²) in [5.41, 5.74) is 1.03. The third-order valence-corrected chi connectivity index (χ3v) is 3.14. The molecule has 1 unspecified atom stereocenters. The van der Waals surface area contributed by atoms with Gasteiger partial charge in [-0.25, -0.2) is 0 Å². The Morgan fingerprint density at radius 1 is 1.44 bits per heavy atom. The van der Waals surface area contributed by atoms with Gasteiger partial charge in [0.15, 0.2) is 11.5 Å². The zero-order valence-corrected chi connectivity index (χ0v) is 11.3. The molecule has 3 nitrogen and oxygen atoms in total. The normalized spacial score (nSPS) is 14.6. The molecule has 1 atom stereocenters. The summed E-state index contributed by atoms with van der Waals surface area (Å²) in [7, 11) is 0. The molecule has 2 rings (SSSR count). The highest BCUT2D eigenvalue weighted by molar-refractivity contribution is 6.32. The van der Waals surface area contributed by atoms with Crippen LogP contribution in [-0.2, 0) is 6.54 Å². The van der Waals surface area contributed by atoms with E-state index in [1.807, 2.05) is 12.1 Å². The third kappa shape index (κ3) is 2.72. The molecule has 96 valence electrons. The van der Waals surface area contributed by atoms with Gasteiger partial charge in [0, 0.05) is 6.54 Å². The summed E-state index contributed by atoms with van der Waals surface area (Å²) >= 11 is 6.11. The lowest BCUT2D eigenvalue weighted by Gasteiger charge is -2.16. The van der Waals surface area contributed by atoms with Crippen LogP contribution in [-0.4, -0.2) is 12.8 Å². The lowest BCUT2D eigenvalue weighted by Crippen LogP contribution is -2.31. The lowest BCUT2D eigenvalue weighted by molar-refractivity contribution is 0.174. The molecule has 0 saturated carbocycles. The van der Waals surface area contributed by atoms with Crippen LogP contribution >= 0.6 is 11.6 Å². The maximum absolute atomic E-state index is 6.11. The number of benzene rings is 1. The number of hydrogen-bond donors (Lipinski definition) is 1. The SMILES string of the molecule is C#CC(NCc1cc(Cl)c2c(c1)OCO2)C(C)C. The first-order chi connectivity index (χ1) is 8.61. The van der Waals surface area contributed by atoms with E-state index in [-0.39, 0.29) is 12.8 Å².